The quantitative estimate of drug-likeness (QED) is 0.318. The van der Waals surface area contributed by atoms with Gasteiger partial charge in [0.15, 0.2) is 0 Å². The molecule has 0 radical (unpaired) electrons. The molecule has 162 valence electrons. The van der Waals surface area contributed by atoms with Crippen molar-refractivity contribution in [3.63, 3.8) is 0 Å². The molecule has 0 aliphatic heterocycles. The zero-order valence-electron chi connectivity index (χ0n) is 20.9. The fraction of sp³-hybridized carbons (Fsp3) is 1.00. The van der Waals surface area contributed by atoms with E-state index < -0.39 is 0 Å². The summed E-state index contributed by atoms with van der Waals surface area (Å²) in [6, 6.07) is 0. The van der Waals surface area contributed by atoms with E-state index in [1.54, 1.807) is 0 Å². The van der Waals surface area contributed by atoms with E-state index in [-0.39, 0.29) is 0 Å². The lowest BCUT2D eigenvalue weighted by Crippen LogP contribution is -2.47. The van der Waals surface area contributed by atoms with Crippen molar-refractivity contribution < 1.29 is 0 Å². The smallest absolute Gasteiger partial charge is 0.0329 e. The Hall–Kier alpha value is 0. The zero-order valence-corrected chi connectivity index (χ0v) is 20.9. The van der Waals surface area contributed by atoms with Crippen LogP contribution in [0.1, 0.15) is 108 Å². The van der Waals surface area contributed by atoms with E-state index >= 15 is 0 Å². The van der Waals surface area contributed by atoms with Crippen LogP contribution in [0.5, 0.6) is 0 Å². The van der Waals surface area contributed by atoms with E-state index in [2.05, 4.69) is 76.2 Å². The molecule has 1 saturated carbocycles. The summed E-state index contributed by atoms with van der Waals surface area (Å²) >= 11 is 0. The van der Waals surface area contributed by atoms with Gasteiger partial charge in [0.25, 0.3) is 0 Å². The van der Waals surface area contributed by atoms with E-state index in [0.717, 1.165) is 65.1 Å². The minimum Gasteiger partial charge on any atom is -0.0654 e. The highest BCUT2D eigenvalue weighted by molar-refractivity contribution is 4.96. The molecule has 0 heteroatoms. The van der Waals surface area contributed by atoms with Crippen molar-refractivity contribution in [1.82, 2.24) is 0 Å². The second kappa shape index (κ2) is 11.3. The summed E-state index contributed by atoms with van der Waals surface area (Å²) in [4.78, 5) is 0. The third kappa shape index (κ3) is 5.99. The highest BCUT2D eigenvalue weighted by atomic mass is 14.5. The Morgan fingerprint density at radius 3 is 1.41 bits per heavy atom. The van der Waals surface area contributed by atoms with Crippen molar-refractivity contribution in [2.75, 3.05) is 0 Å². The van der Waals surface area contributed by atoms with Gasteiger partial charge in [-0.25, -0.2) is 0 Å². The predicted molar refractivity (Wildman–Crippen MR) is 124 cm³/mol. The van der Waals surface area contributed by atoms with Gasteiger partial charge in [0, 0.05) is 0 Å². The normalized spacial score (nSPS) is 31.9. The van der Waals surface area contributed by atoms with Crippen LogP contribution in [0.15, 0.2) is 0 Å². The van der Waals surface area contributed by atoms with Crippen LogP contribution in [0.2, 0.25) is 0 Å². The Balaban J connectivity index is 2.77. The minimum absolute atomic E-state index is 0.848. The van der Waals surface area contributed by atoms with Crippen molar-refractivity contribution in [3.8, 4) is 0 Å². The van der Waals surface area contributed by atoms with Crippen molar-refractivity contribution in [2.24, 2.45) is 65.1 Å². The maximum absolute atomic E-state index is 2.59. The lowest BCUT2D eigenvalue weighted by atomic mass is 9.52. The summed E-state index contributed by atoms with van der Waals surface area (Å²) in [7, 11) is 0. The van der Waals surface area contributed by atoms with Crippen LogP contribution in [-0.4, -0.2) is 0 Å². The van der Waals surface area contributed by atoms with Crippen molar-refractivity contribution in [1.29, 1.82) is 0 Å². The Morgan fingerprint density at radius 2 is 1.04 bits per heavy atom. The Kier molecular flexibility index (Phi) is 10.4. The van der Waals surface area contributed by atoms with E-state index in [0.29, 0.717) is 0 Å². The second-order valence-corrected chi connectivity index (χ2v) is 11.1. The van der Waals surface area contributed by atoms with Gasteiger partial charge in [-0.2, -0.15) is 0 Å². The van der Waals surface area contributed by atoms with E-state index in [1.807, 2.05) is 0 Å². The van der Waals surface area contributed by atoms with Crippen LogP contribution in [-0.2, 0) is 0 Å². The van der Waals surface area contributed by atoms with Gasteiger partial charge in [0.1, 0.15) is 0 Å². The summed E-state index contributed by atoms with van der Waals surface area (Å²) in [6.45, 7) is 27.5. The van der Waals surface area contributed by atoms with Gasteiger partial charge >= 0.3 is 0 Å². The Labute approximate surface area is 173 Å². The average molecular weight is 379 g/mol. The first-order valence-electron chi connectivity index (χ1n) is 12.6. The third-order valence-electron chi connectivity index (χ3n) is 9.68. The summed E-state index contributed by atoms with van der Waals surface area (Å²) in [6.07, 6.45) is 6.92. The van der Waals surface area contributed by atoms with Crippen LogP contribution >= 0.6 is 0 Å². The molecule has 1 aliphatic rings. The monoisotopic (exact) mass is 378 g/mol. The molecule has 0 amide bonds. The van der Waals surface area contributed by atoms with Gasteiger partial charge in [-0.3, -0.25) is 0 Å². The van der Waals surface area contributed by atoms with Crippen LogP contribution in [0.4, 0.5) is 0 Å². The molecule has 1 aliphatic carbocycles. The summed E-state index contributed by atoms with van der Waals surface area (Å²) in [5, 5.41) is 0. The van der Waals surface area contributed by atoms with Gasteiger partial charge in [0.05, 0.1) is 0 Å². The van der Waals surface area contributed by atoms with E-state index in [9.17, 15) is 0 Å². The molecule has 1 rings (SSSR count). The molecule has 0 heterocycles. The van der Waals surface area contributed by atoms with Crippen LogP contribution in [0, 0.1) is 65.1 Å². The molecule has 0 N–H and O–H groups in total. The molecule has 0 saturated heterocycles. The lowest BCUT2D eigenvalue weighted by Gasteiger charge is -2.54. The number of hydrogen-bond donors (Lipinski definition) is 0. The molecule has 27 heavy (non-hydrogen) atoms. The first kappa shape index (κ1) is 25.0. The van der Waals surface area contributed by atoms with Crippen LogP contribution in [0.25, 0.3) is 0 Å². The van der Waals surface area contributed by atoms with E-state index in [1.165, 1.54) is 32.1 Å². The minimum atomic E-state index is 0.848. The summed E-state index contributed by atoms with van der Waals surface area (Å²) < 4.78 is 0. The zero-order chi connectivity index (χ0) is 20.9. The number of rotatable bonds is 12. The average Bonchev–Trinajstić information content (AvgIpc) is 2.63. The SMILES string of the molecule is CCCC(C)C(C)C(C)C(C)C1CC(C)C1C(C)C(C)C(C)C(C)CCC. The molecule has 11 atom stereocenters. The number of hydrogen-bond acceptors (Lipinski definition) is 0. The fourth-order valence-corrected chi connectivity index (χ4v) is 6.61. The van der Waals surface area contributed by atoms with Crippen LogP contribution < -0.4 is 0 Å². The fourth-order valence-electron chi connectivity index (χ4n) is 6.61. The first-order chi connectivity index (χ1) is 12.6. The van der Waals surface area contributed by atoms with Crippen molar-refractivity contribution in [2.45, 2.75) is 108 Å². The molecule has 1 fully saturated rings. The molecular formula is C27H54. The molecule has 0 aromatic heterocycles. The highest BCUT2D eigenvalue weighted by Gasteiger charge is 2.47. The molecular weight excluding hydrogens is 324 g/mol. The molecule has 0 aromatic carbocycles. The molecule has 0 nitrogen and oxygen atoms in total. The standard InChI is InChI=1S/C27H54/c1-12-14-17(3)20(6)22(8)24(10)26-16-19(5)27(26)25(11)23(9)21(7)18(4)15-13-2/h17-27H,12-16H2,1-11H3. The van der Waals surface area contributed by atoms with Crippen molar-refractivity contribution >= 4 is 0 Å². The summed E-state index contributed by atoms with van der Waals surface area (Å²) in [5.74, 6) is 9.72. The molecule has 11 unspecified atom stereocenters. The second-order valence-electron chi connectivity index (χ2n) is 11.1. The first-order valence-corrected chi connectivity index (χ1v) is 12.6. The van der Waals surface area contributed by atoms with Gasteiger partial charge in [-0.1, -0.05) is 102 Å². The molecule has 0 spiro atoms. The molecule has 0 bridgehead atoms. The molecule has 0 aromatic rings. The van der Waals surface area contributed by atoms with Crippen molar-refractivity contribution in [3.05, 3.63) is 0 Å². The summed E-state index contributed by atoms with van der Waals surface area (Å²) in [5.41, 5.74) is 0. The third-order valence-corrected chi connectivity index (χ3v) is 9.68. The Morgan fingerprint density at radius 1 is 0.630 bits per heavy atom. The largest absolute Gasteiger partial charge is 0.0654 e. The van der Waals surface area contributed by atoms with Gasteiger partial charge in [0.2, 0.25) is 0 Å². The van der Waals surface area contributed by atoms with Gasteiger partial charge < -0.3 is 0 Å². The lowest BCUT2D eigenvalue weighted by molar-refractivity contribution is -0.0510. The van der Waals surface area contributed by atoms with Gasteiger partial charge in [-0.15, -0.1) is 0 Å². The maximum Gasteiger partial charge on any atom is -0.0329 e. The topological polar surface area (TPSA) is 0 Å². The van der Waals surface area contributed by atoms with E-state index in [4.69, 9.17) is 0 Å². The maximum atomic E-state index is 2.59. The van der Waals surface area contributed by atoms with Gasteiger partial charge in [-0.05, 0) is 71.5 Å². The predicted octanol–water partition coefficient (Wildman–Crippen LogP) is 8.95. The Bertz CT molecular complexity index is 399. The highest BCUT2D eigenvalue weighted by Crippen LogP contribution is 2.54. The van der Waals surface area contributed by atoms with Crippen LogP contribution in [0.3, 0.4) is 0 Å².